The number of hydrogen-bond donors (Lipinski definition) is 1. The van der Waals surface area contributed by atoms with Gasteiger partial charge in [0.15, 0.2) is 0 Å². The second kappa shape index (κ2) is 7.73. The first kappa shape index (κ1) is 21.5. The van der Waals surface area contributed by atoms with E-state index >= 15 is 0 Å². The van der Waals surface area contributed by atoms with E-state index in [0.29, 0.717) is 31.1 Å². The molecule has 4 rings (SSSR count). The third-order valence-corrected chi connectivity index (χ3v) is 6.11. The molecule has 1 fully saturated rings. The van der Waals surface area contributed by atoms with Gasteiger partial charge in [-0.05, 0) is 56.0 Å². The molecule has 1 aliphatic heterocycles. The fourth-order valence-corrected chi connectivity index (χ4v) is 4.09. The van der Waals surface area contributed by atoms with E-state index in [1.54, 1.807) is 6.07 Å². The van der Waals surface area contributed by atoms with Crippen molar-refractivity contribution in [2.24, 2.45) is 5.41 Å². The number of hydrogen-bond acceptors (Lipinski definition) is 3. The summed E-state index contributed by atoms with van der Waals surface area (Å²) in [6.07, 6.45) is -4.90. The van der Waals surface area contributed by atoms with Gasteiger partial charge in [0.2, 0.25) is 5.91 Å². The first-order valence-electron chi connectivity index (χ1n) is 10.2. The van der Waals surface area contributed by atoms with Gasteiger partial charge in [0, 0.05) is 36.0 Å². The number of ether oxygens (including phenoxy) is 1. The molecule has 0 atom stereocenters. The lowest BCUT2D eigenvalue weighted by Gasteiger charge is -2.25. The maximum absolute atomic E-state index is 13.5. The quantitative estimate of drug-likeness (QED) is 0.643. The topological polar surface area (TPSA) is 41.6 Å². The van der Waals surface area contributed by atoms with Gasteiger partial charge >= 0.3 is 6.18 Å². The van der Waals surface area contributed by atoms with Crippen LogP contribution >= 0.6 is 0 Å². The van der Waals surface area contributed by atoms with Crippen LogP contribution in [0, 0.1) is 25.1 Å². The van der Waals surface area contributed by atoms with Crippen LogP contribution in [-0.2, 0) is 11.3 Å². The van der Waals surface area contributed by atoms with Gasteiger partial charge in [-0.3, -0.25) is 4.79 Å². The van der Waals surface area contributed by atoms with Crippen LogP contribution in [0.4, 0.5) is 28.9 Å². The van der Waals surface area contributed by atoms with Gasteiger partial charge in [-0.1, -0.05) is 6.07 Å². The lowest BCUT2D eigenvalue weighted by atomic mass is 10.0. The Hall–Kier alpha value is -2.77. The van der Waals surface area contributed by atoms with Crippen LogP contribution < -0.4 is 15.0 Å². The fraction of sp³-hybridized carbons (Fsp3) is 0.435. The fourth-order valence-electron chi connectivity index (χ4n) is 4.09. The predicted molar refractivity (Wildman–Crippen MR) is 110 cm³/mol. The SMILES string of the molecule is Cc1cc(N2CCOc3cc(F)ccc3C2)cc(C)c1NC(=O)CC1(C(F)(F)F)CC1. The summed E-state index contributed by atoms with van der Waals surface area (Å²) >= 11 is 0. The average molecular weight is 436 g/mol. The first-order valence-corrected chi connectivity index (χ1v) is 10.2. The maximum atomic E-state index is 13.5. The van der Waals surface area contributed by atoms with E-state index < -0.39 is 23.9 Å². The van der Waals surface area contributed by atoms with Gasteiger partial charge in [-0.2, -0.15) is 13.2 Å². The second-order valence-corrected chi connectivity index (χ2v) is 8.48. The van der Waals surface area contributed by atoms with E-state index in [1.807, 2.05) is 26.0 Å². The number of carbonyl (C=O) groups is 1. The highest BCUT2D eigenvalue weighted by Crippen LogP contribution is 2.60. The van der Waals surface area contributed by atoms with Crippen molar-refractivity contribution in [2.45, 2.75) is 45.8 Å². The van der Waals surface area contributed by atoms with Gasteiger partial charge in [-0.15, -0.1) is 0 Å². The van der Waals surface area contributed by atoms with Crippen molar-refractivity contribution < 1.29 is 27.1 Å². The molecule has 1 N–H and O–H groups in total. The molecule has 0 bridgehead atoms. The molecule has 2 aromatic carbocycles. The number of amides is 1. The molecular formula is C23H24F4N2O2. The van der Waals surface area contributed by atoms with Crippen molar-refractivity contribution in [2.75, 3.05) is 23.4 Å². The average Bonchev–Trinajstić information content (AvgIpc) is 3.48. The largest absolute Gasteiger partial charge is 0.491 e. The normalized spacial score (nSPS) is 17.4. The van der Waals surface area contributed by atoms with Crippen molar-refractivity contribution in [1.29, 1.82) is 0 Å². The molecule has 0 aromatic heterocycles. The molecule has 1 heterocycles. The summed E-state index contributed by atoms with van der Waals surface area (Å²) < 4.78 is 58.6. The highest BCUT2D eigenvalue weighted by molar-refractivity contribution is 5.93. The Labute approximate surface area is 178 Å². The lowest BCUT2D eigenvalue weighted by molar-refractivity contribution is -0.189. The minimum absolute atomic E-state index is 0.00320. The molecule has 1 aliphatic carbocycles. The van der Waals surface area contributed by atoms with E-state index in [1.165, 1.54) is 12.1 Å². The smallest absolute Gasteiger partial charge is 0.395 e. The number of aryl methyl sites for hydroxylation is 2. The number of rotatable bonds is 4. The van der Waals surface area contributed by atoms with Crippen molar-refractivity contribution in [3.8, 4) is 5.75 Å². The van der Waals surface area contributed by atoms with Crippen LogP contribution in [0.3, 0.4) is 0 Å². The molecule has 1 amide bonds. The van der Waals surface area contributed by atoms with Crippen LogP contribution in [0.5, 0.6) is 5.75 Å². The zero-order chi connectivity index (χ0) is 22.4. The number of nitrogens with zero attached hydrogens (tertiary/aromatic N) is 1. The second-order valence-electron chi connectivity index (χ2n) is 8.48. The molecule has 0 spiro atoms. The zero-order valence-corrected chi connectivity index (χ0v) is 17.4. The molecule has 1 saturated carbocycles. The number of fused-ring (bicyclic) bond motifs is 1. The Bertz CT molecular complexity index is 992. The highest BCUT2D eigenvalue weighted by Gasteiger charge is 2.63. The van der Waals surface area contributed by atoms with Crippen molar-refractivity contribution in [3.63, 3.8) is 0 Å². The standard InChI is InChI=1S/C23H24F4N2O2/c1-14-9-18(29-7-8-31-19-11-17(24)4-3-16(19)13-29)10-15(2)21(14)28-20(30)12-22(5-6-22)23(25,26)27/h3-4,9-11H,5-8,12-13H2,1-2H3,(H,28,30). The maximum Gasteiger partial charge on any atom is 0.395 e. The Morgan fingerprint density at radius 3 is 2.45 bits per heavy atom. The lowest BCUT2D eigenvalue weighted by Crippen LogP contribution is -2.30. The molecular weight excluding hydrogens is 412 g/mol. The highest BCUT2D eigenvalue weighted by atomic mass is 19.4. The van der Waals surface area contributed by atoms with Gasteiger partial charge in [0.25, 0.3) is 0 Å². The number of anilines is 2. The number of benzene rings is 2. The summed E-state index contributed by atoms with van der Waals surface area (Å²) in [6, 6.07) is 8.27. The van der Waals surface area contributed by atoms with Crippen LogP contribution in [-0.4, -0.2) is 25.2 Å². The van der Waals surface area contributed by atoms with E-state index in [-0.39, 0.29) is 18.7 Å². The first-order chi connectivity index (χ1) is 14.6. The van der Waals surface area contributed by atoms with E-state index in [9.17, 15) is 22.4 Å². The molecule has 8 heteroatoms. The third-order valence-electron chi connectivity index (χ3n) is 6.11. The van der Waals surface area contributed by atoms with Gasteiger partial charge < -0.3 is 15.0 Å². The summed E-state index contributed by atoms with van der Waals surface area (Å²) in [6.45, 7) is 5.16. The van der Waals surface area contributed by atoms with Gasteiger partial charge in [0.05, 0.1) is 12.0 Å². The monoisotopic (exact) mass is 436 g/mol. The minimum atomic E-state index is -4.35. The number of nitrogens with one attached hydrogen (secondary N) is 1. The summed E-state index contributed by atoms with van der Waals surface area (Å²) in [7, 11) is 0. The zero-order valence-electron chi connectivity index (χ0n) is 17.4. The molecule has 0 saturated heterocycles. The Morgan fingerprint density at radius 1 is 1.16 bits per heavy atom. The van der Waals surface area contributed by atoms with E-state index in [0.717, 1.165) is 22.4 Å². The molecule has 2 aromatic rings. The van der Waals surface area contributed by atoms with Crippen molar-refractivity contribution in [3.05, 3.63) is 52.8 Å². The summed E-state index contributed by atoms with van der Waals surface area (Å²) in [5, 5.41) is 2.69. The van der Waals surface area contributed by atoms with Crippen LogP contribution in [0.2, 0.25) is 0 Å². The van der Waals surface area contributed by atoms with Crippen LogP contribution in [0.25, 0.3) is 0 Å². The number of carbonyl (C=O) groups excluding carboxylic acids is 1. The van der Waals surface area contributed by atoms with Crippen molar-refractivity contribution in [1.82, 2.24) is 0 Å². The van der Waals surface area contributed by atoms with Crippen LogP contribution in [0.15, 0.2) is 30.3 Å². The van der Waals surface area contributed by atoms with E-state index in [2.05, 4.69) is 10.2 Å². The minimum Gasteiger partial charge on any atom is -0.491 e. The molecule has 31 heavy (non-hydrogen) atoms. The number of halogens is 4. The molecule has 2 aliphatic rings. The molecule has 4 nitrogen and oxygen atoms in total. The predicted octanol–water partition coefficient (Wildman–Crippen LogP) is 5.51. The molecule has 166 valence electrons. The summed E-state index contributed by atoms with van der Waals surface area (Å²) in [5.41, 5.74) is 1.99. The molecule has 0 radical (unpaired) electrons. The third kappa shape index (κ3) is 4.34. The summed E-state index contributed by atoms with van der Waals surface area (Å²) in [5.74, 6) is -0.441. The van der Waals surface area contributed by atoms with Crippen molar-refractivity contribution >= 4 is 17.3 Å². The Balaban J connectivity index is 1.51. The summed E-state index contributed by atoms with van der Waals surface area (Å²) in [4.78, 5) is 14.4. The molecule has 0 unspecified atom stereocenters. The Kier molecular flexibility index (Phi) is 5.35. The number of alkyl halides is 3. The Morgan fingerprint density at radius 2 is 1.84 bits per heavy atom. The van der Waals surface area contributed by atoms with Gasteiger partial charge in [-0.25, -0.2) is 4.39 Å². The van der Waals surface area contributed by atoms with Crippen LogP contribution in [0.1, 0.15) is 36.0 Å². The van der Waals surface area contributed by atoms with Gasteiger partial charge in [0.1, 0.15) is 18.2 Å². The van der Waals surface area contributed by atoms with E-state index in [4.69, 9.17) is 4.74 Å².